The highest BCUT2D eigenvalue weighted by Gasteiger charge is 2.11. The number of aryl methyl sites for hydroxylation is 2. The van der Waals surface area contributed by atoms with Crippen molar-refractivity contribution in [1.29, 1.82) is 0 Å². The summed E-state index contributed by atoms with van der Waals surface area (Å²) in [6.07, 6.45) is 4.70. The van der Waals surface area contributed by atoms with Crippen LogP contribution in [0.2, 0.25) is 0 Å². The van der Waals surface area contributed by atoms with Gasteiger partial charge in [0.25, 0.3) is 0 Å². The molecule has 4 aromatic rings. The second-order valence-corrected chi connectivity index (χ2v) is 6.93. The molecule has 3 heterocycles. The first-order chi connectivity index (χ1) is 11.2. The average molecular weight is 322 g/mol. The number of anilines is 1. The van der Waals surface area contributed by atoms with Crippen molar-refractivity contribution in [3.8, 4) is 0 Å². The van der Waals surface area contributed by atoms with Crippen molar-refractivity contribution in [2.24, 2.45) is 0 Å². The van der Waals surface area contributed by atoms with Gasteiger partial charge in [-0.15, -0.1) is 11.3 Å². The van der Waals surface area contributed by atoms with Crippen molar-refractivity contribution >= 4 is 38.3 Å². The molecule has 0 spiro atoms. The number of rotatable bonds is 4. The lowest BCUT2D eigenvalue weighted by Crippen LogP contribution is -2.06. The lowest BCUT2D eigenvalue weighted by molar-refractivity contribution is 1.01. The fourth-order valence-corrected chi connectivity index (χ4v) is 3.97. The number of aromatic amines is 1. The van der Waals surface area contributed by atoms with E-state index in [1.165, 1.54) is 26.9 Å². The van der Waals surface area contributed by atoms with Crippen LogP contribution in [0.25, 0.3) is 21.1 Å². The molecule has 0 aliphatic rings. The summed E-state index contributed by atoms with van der Waals surface area (Å²) in [6.45, 7) is 5.13. The first-order valence-electron chi connectivity index (χ1n) is 7.73. The minimum atomic E-state index is 0.849. The molecule has 0 atom stereocenters. The number of hydrogen-bond donors (Lipinski definition) is 2. The molecule has 4 rings (SSSR count). The van der Waals surface area contributed by atoms with Crippen LogP contribution in [0.1, 0.15) is 16.0 Å². The zero-order valence-corrected chi connectivity index (χ0v) is 14.0. The number of para-hydroxylation sites is 1. The fourth-order valence-electron chi connectivity index (χ4n) is 2.97. The van der Waals surface area contributed by atoms with Gasteiger partial charge < -0.3 is 10.3 Å². The normalized spacial score (nSPS) is 11.4. The Morgan fingerprint density at radius 2 is 2.04 bits per heavy atom. The Kier molecular flexibility index (Phi) is 3.50. The molecule has 0 bridgehead atoms. The van der Waals surface area contributed by atoms with Crippen molar-refractivity contribution in [1.82, 2.24) is 15.0 Å². The molecular formula is C18H18N4S. The quantitative estimate of drug-likeness (QED) is 0.584. The number of nitrogens with one attached hydrogen (secondary N) is 2. The van der Waals surface area contributed by atoms with Gasteiger partial charge in [0.15, 0.2) is 0 Å². The molecule has 0 saturated carbocycles. The maximum absolute atomic E-state index is 4.44. The Labute approximate surface area is 138 Å². The summed E-state index contributed by atoms with van der Waals surface area (Å²) >= 11 is 1.73. The van der Waals surface area contributed by atoms with Crippen LogP contribution in [-0.2, 0) is 6.42 Å². The van der Waals surface area contributed by atoms with E-state index in [4.69, 9.17) is 0 Å². The van der Waals surface area contributed by atoms with Crippen molar-refractivity contribution in [2.45, 2.75) is 20.3 Å². The Bertz CT molecular complexity index is 983. The van der Waals surface area contributed by atoms with Gasteiger partial charge in [-0.25, -0.2) is 9.97 Å². The van der Waals surface area contributed by atoms with Gasteiger partial charge >= 0.3 is 0 Å². The van der Waals surface area contributed by atoms with Crippen LogP contribution in [0.3, 0.4) is 0 Å². The Balaban J connectivity index is 1.56. The molecule has 0 saturated heterocycles. The Morgan fingerprint density at radius 3 is 2.96 bits per heavy atom. The van der Waals surface area contributed by atoms with E-state index < -0.39 is 0 Å². The van der Waals surface area contributed by atoms with E-state index in [1.54, 1.807) is 17.7 Å². The highest BCUT2D eigenvalue weighted by molar-refractivity contribution is 7.18. The minimum Gasteiger partial charge on any atom is -0.369 e. The van der Waals surface area contributed by atoms with Gasteiger partial charge in [0, 0.05) is 28.5 Å². The van der Waals surface area contributed by atoms with Crippen LogP contribution in [-0.4, -0.2) is 21.5 Å². The summed E-state index contributed by atoms with van der Waals surface area (Å²) in [5, 5.41) is 5.94. The van der Waals surface area contributed by atoms with Crippen LogP contribution in [0, 0.1) is 13.8 Å². The zero-order chi connectivity index (χ0) is 15.8. The number of nitrogens with zero attached hydrogens (tertiary/aromatic N) is 2. The molecule has 0 radical (unpaired) electrons. The van der Waals surface area contributed by atoms with Crippen molar-refractivity contribution < 1.29 is 0 Å². The maximum atomic E-state index is 4.44. The highest BCUT2D eigenvalue weighted by Crippen LogP contribution is 2.32. The van der Waals surface area contributed by atoms with E-state index in [2.05, 4.69) is 64.6 Å². The SMILES string of the molecule is Cc1sc2ncnc(NCCc3c[nH]c4ccccc34)c2c1C. The molecule has 0 aliphatic heterocycles. The second kappa shape index (κ2) is 5.66. The molecule has 116 valence electrons. The summed E-state index contributed by atoms with van der Waals surface area (Å²) in [4.78, 5) is 14.5. The summed E-state index contributed by atoms with van der Waals surface area (Å²) in [5.41, 5.74) is 3.80. The first-order valence-corrected chi connectivity index (χ1v) is 8.55. The number of hydrogen-bond acceptors (Lipinski definition) is 4. The third-order valence-corrected chi connectivity index (χ3v) is 5.44. The smallest absolute Gasteiger partial charge is 0.138 e. The molecule has 3 aromatic heterocycles. The van der Waals surface area contributed by atoms with E-state index in [0.29, 0.717) is 0 Å². The van der Waals surface area contributed by atoms with Gasteiger partial charge in [0.2, 0.25) is 0 Å². The number of H-pyrrole nitrogens is 1. The van der Waals surface area contributed by atoms with Crippen LogP contribution in [0.4, 0.5) is 5.82 Å². The molecule has 5 heteroatoms. The third kappa shape index (κ3) is 2.47. The predicted molar refractivity (Wildman–Crippen MR) is 97.4 cm³/mol. The second-order valence-electron chi connectivity index (χ2n) is 5.72. The van der Waals surface area contributed by atoms with Gasteiger partial charge in [-0.2, -0.15) is 0 Å². The molecule has 0 amide bonds. The van der Waals surface area contributed by atoms with Gasteiger partial charge in [0.1, 0.15) is 17.0 Å². The number of fused-ring (bicyclic) bond motifs is 2. The molecule has 4 nitrogen and oxygen atoms in total. The summed E-state index contributed by atoms with van der Waals surface area (Å²) in [5.74, 6) is 0.941. The molecule has 0 aliphatic carbocycles. The zero-order valence-electron chi connectivity index (χ0n) is 13.2. The van der Waals surface area contributed by atoms with E-state index in [1.807, 2.05) is 0 Å². The van der Waals surface area contributed by atoms with Gasteiger partial charge in [-0.3, -0.25) is 0 Å². The van der Waals surface area contributed by atoms with E-state index >= 15 is 0 Å². The third-order valence-electron chi connectivity index (χ3n) is 4.33. The van der Waals surface area contributed by atoms with Crippen LogP contribution < -0.4 is 5.32 Å². The molecule has 23 heavy (non-hydrogen) atoms. The monoisotopic (exact) mass is 322 g/mol. The standard InChI is InChI=1S/C18H18N4S/c1-11-12(2)23-18-16(11)17(21-10-22-18)19-8-7-13-9-20-15-6-4-3-5-14(13)15/h3-6,9-10,20H,7-8H2,1-2H3,(H,19,21,22). The van der Waals surface area contributed by atoms with Crippen molar-refractivity contribution in [3.05, 3.63) is 52.8 Å². The summed E-state index contributed by atoms with van der Waals surface area (Å²) < 4.78 is 0. The number of benzene rings is 1. The number of thiophene rings is 1. The van der Waals surface area contributed by atoms with Crippen LogP contribution in [0.5, 0.6) is 0 Å². The van der Waals surface area contributed by atoms with Crippen LogP contribution >= 0.6 is 11.3 Å². The topological polar surface area (TPSA) is 53.6 Å². The van der Waals surface area contributed by atoms with E-state index in [0.717, 1.165) is 29.0 Å². The fraction of sp³-hybridized carbons (Fsp3) is 0.222. The van der Waals surface area contributed by atoms with E-state index in [9.17, 15) is 0 Å². The Morgan fingerprint density at radius 1 is 1.17 bits per heavy atom. The summed E-state index contributed by atoms with van der Waals surface area (Å²) in [7, 11) is 0. The lowest BCUT2D eigenvalue weighted by atomic mass is 10.1. The highest BCUT2D eigenvalue weighted by atomic mass is 32.1. The largest absolute Gasteiger partial charge is 0.369 e. The molecule has 2 N–H and O–H groups in total. The minimum absolute atomic E-state index is 0.849. The average Bonchev–Trinajstić information content (AvgIpc) is 3.10. The Hall–Kier alpha value is -2.40. The first kappa shape index (κ1) is 14.2. The molecule has 0 unspecified atom stereocenters. The predicted octanol–water partition coefficient (Wildman–Crippen LogP) is 4.44. The van der Waals surface area contributed by atoms with Crippen molar-refractivity contribution in [3.63, 3.8) is 0 Å². The van der Waals surface area contributed by atoms with Gasteiger partial charge in [-0.1, -0.05) is 18.2 Å². The van der Waals surface area contributed by atoms with Crippen LogP contribution in [0.15, 0.2) is 36.8 Å². The molecular weight excluding hydrogens is 304 g/mol. The number of aromatic nitrogens is 3. The maximum Gasteiger partial charge on any atom is 0.138 e. The molecule has 1 aromatic carbocycles. The van der Waals surface area contributed by atoms with Gasteiger partial charge in [-0.05, 0) is 37.5 Å². The van der Waals surface area contributed by atoms with Crippen molar-refractivity contribution in [2.75, 3.05) is 11.9 Å². The van der Waals surface area contributed by atoms with E-state index in [-0.39, 0.29) is 0 Å². The van der Waals surface area contributed by atoms with Gasteiger partial charge in [0.05, 0.1) is 5.39 Å². The summed E-state index contributed by atoms with van der Waals surface area (Å²) in [6, 6.07) is 8.41. The lowest BCUT2D eigenvalue weighted by Gasteiger charge is -2.07. The molecule has 0 fully saturated rings.